The maximum absolute atomic E-state index is 10.9. The minimum absolute atomic E-state index is 0.514. The van der Waals surface area contributed by atoms with Gasteiger partial charge in [-0.05, 0) is 18.2 Å². The van der Waals surface area contributed by atoms with Crippen molar-refractivity contribution in [1.82, 2.24) is 4.98 Å². The Labute approximate surface area is 95.7 Å². The molecule has 78 valence electrons. The lowest BCUT2D eigenvalue weighted by molar-refractivity contribution is 0.187. The topological polar surface area (TPSA) is 51.2 Å². The van der Waals surface area contributed by atoms with E-state index in [-0.39, 0.29) is 0 Å². The lowest BCUT2D eigenvalue weighted by Gasteiger charge is -1.96. The van der Waals surface area contributed by atoms with E-state index in [9.17, 15) is 4.79 Å². The third kappa shape index (κ3) is 2.21. The summed E-state index contributed by atoms with van der Waals surface area (Å²) in [6.45, 7) is 0. The van der Waals surface area contributed by atoms with E-state index in [1.165, 1.54) is 18.4 Å². The molecule has 0 saturated carbocycles. The van der Waals surface area contributed by atoms with Crippen molar-refractivity contribution in [2.75, 3.05) is 12.4 Å². The minimum Gasteiger partial charge on any atom is -0.453 e. The molecular weight excluding hydrogens is 232 g/mol. The van der Waals surface area contributed by atoms with Gasteiger partial charge in [-0.3, -0.25) is 5.32 Å². The molecule has 1 N–H and O–H groups in total. The molecule has 2 rings (SSSR count). The lowest BCUT2D eigenvalue weighted by Crippen LogP contribution is -2.10. The Balaban J connectivity index is 2.34. The van der Waals surface area contributed by atoms with Crippen molar-refractivity contribution in [3.63, 3.8) is 0 Å². The number of hydrogen-bond acceptors (Lipinski definition) is 5. The first-order valence-electron chi connectivity index (χ1n) is 4.13. The van der Waals surface area contributed by atoms with E-state index < -0.39 is 6.09 Å². The predicted octanol–water partition coefficient (Wildman–Crippen LogP) is 2.76. The second-order valence-electron chi connectivity index (χ2n) is 2.79. The van der Waals surface area contributed by atoms with Crippen LogP contribution in [-0.4, -0.2) is 18.2 Å². The SMILES string of the molecule is COC(=O)Nc1nc2ccc(S)cc2s1. The molecule has 1 amide bonds. The first kappa shape index (κ1) is 10.3. The largest absolute Gasteiger partial charge is 0.453 e. The number of ether oxygens (including phenoxy) is 1. The molecule has 0 spiro atoms. The zero-order valence-corrected chi connectivity index (χ0v) is 9.56. The molecule has 0 aliphatic heterocycles. The monoisotopic (exact) mass is 240 g/mol. The van der Waals surface area contributed by atoms with Gasteiger partial charge in [-0.2, -0.15) is 0 Å². The second kappa shape index (κ2) is 4.08. The fourth-order valence-electron chi connectivity index (χ4n) is 1.11. The molecule has 1 aromatic heterocycles. The molecule has 0 unspecified atom stereocenters. The molecule has 15 heavy (non-hydrogen) atoms. The molecule has 1 aromatic carbocycles. The molecule has 0 saturated heterocycles. The van der Waals surface area contributed by atoms with Gasteiger partial charge in [-0.1, -0.05) is 11.3 Å². The Kier molecular flexibility index (Phi) is 2.79. The Morgan fingerprint density at radius 1 is 1.60 bits per heavy atom. The van der Waals surface area contributed by atoms with Crippen molar-refractivity contribution in [3.8, 4) is 0 Å². The summed E-state index contributed by atoms with van der Waals surface area (Å²) in [5.74, 6) is 0. The van der Waals surface area contributed by atoms with Gasteiger partial charge in [0.2, 0.25) is 0 Å². The summed E-state index contributed by atoms with van der Waals surface area (Å²) in [6.07, 6.45) is -0.514. The summed E-state index contributed by atoms with van der Waals surface area (Å²) < 4.78 is 5.46. The molecule has 2 aromatic rings. The number of fused-ring (bicyclic) bond motifs is 1. The Morgan fingerprint density at radius 3 is 3.13 bits per heavy atom. The molecule has 0 atom stereocenters. The number of carbonyl (C=O) groups is 1. The second-order valence-corrected chi connectivity index (χ2v) is 4.33. The van der Waals surface area contributed by atoms with Crippen LogP contribution in [0.25, 0.3) is 10.2 Å². The number of methoxy groups -OCH3 is 1. The predicted molar refractivity (Wildman–Crippen MR) is 62.9 cm³/mol. The zero-order valence-electron chi connectivity index (χ0n) is 7.85. The van der Waals surface area contributed by atoms with E-state index in [0.717, 1.165) is 15.1 Å². The third-order valence-corrected chi connectivity index (χ3v) is 2.98. The Morgan fingerprint density at radius 2 is 2.40 bits per heavy atom. The summed E-state index contributed by atoms with van der Waals surface area (Å²) in [4.78, 5) is 16.0. The number of anilines is 1. The van der Waals surface area contributed by atoms with Crippen molar-refractivity contribution in [1.29, 1.82) is 0 Å². The molecule has 0 radical (unpaired) electrons. The number of aromatic nitrogens is 1. The average molecular weight is 240 g/mol. The number of thiol groups is 1. The van der Waals surface area contributed by atoms with E-state index in [0.29, 0.717) is 5.13 Å². The highest BCUT2D eigenvalue weighted by Crippen LogP contribution is 2.27. The van der Waals surface area contributed by atoms with Crippen molar-refractivity contribution >= 4 is 45.4 Å². The van der Waals surface area contributed by atoms with Crippen LogP contribution in [0.15, 0.2) is 23.1 Å². The van der Waals surface area contributed by atoms with Crippen LogP contribution in [0, 0.1) is 0 Å². The molecule has 0 fully saturated rings. The molecule has 0 bridgehead atoms. The van der Waals surface area contributed by atoms with E-state index >= 15 is 0 Å². The number of benzene rings is 1. The number of nitrogens with one attached hydrogen (secondary N) is 1. The van der Waals surface area contributed by atoms with Gasteiger partial charge in [0.05, 0.1) is 17.3 Å². The number of rotatable bonds is 1. The number of nitrogens with zero attached hydrogens (tertiary/aromatic N) is 1. The van der Waals surface area contributed by atoms with Crippen molar-refractivity contribution < 1.29 is 9.53 Å². The quantitative estimate of drug-likeness (QED) is 0.754. The number of thiazole rings is 1. The molecule has 0 aliphatic carbocycles. The highest BCUT2D eigenvalue weighted by molar-refractivity contribution is 7.80. The van der Waals surface area contributed by atoms with Gasteiger partial charge in [0.15, 0.2) is 5.13 Å². The summed E-state index contributed by atoms with van der Waals surface area (Å²) in [5.41, 5.74) is 0.837. The van der Waals surface area contributed by atoms with Gasteiger partial charge in [0.25, 0.3) is 0 Å². The fraction of sp³-hybridized carbons (Fsp3) is 0.111. The number of amides is 1. The lowest BCUT2D eigenvalue weighted by atomic mass is 10.3. The van der Waals surface area contributed by atoms with Crippen molar-refractivity contribution in [3.05, 3.63) is 18.2 Å². The highest BCUT2D eigenvalue weighted by atomic mass is 32.1. The van der Waals surface area contributed by atoms with E-state index in [2.05, 4.69) is 27.7 Å². The number of hydrogen-bond donors (Lipinski definition) is 2. The standard InChI is InChI=1S/C9H8N2O2S2/c1-13-9(12)11-8-10-6-3-2-5(14)4-7(6)15-8/h2-4,14H,1H3,(H,10,11,12). The first-order chi connectivity index (χ1) is 7.19. The average Bonchev–Trinajstić information content (AvgIpc) is 2.59. The molecule has 0 aliphatic rings. The Hall–Kier alpha value is -1.27. The molecular formula is C9H8N2O2S2. The van der Waals surface area contributed by atoms with Gasteiger partial charge in [0.1, 0.15) is 0 Å². The summed E-state index contributed by atoms with van der Waals surface area (Å²) in [5, 5.41) is 3.05. The summed E-state index contributed by atoms with van der Waals surface area (Å²) >= 11 is 5.61. The summed E-state index contributed by atoms with van der Waals surface area (Å²) in [6, 6.07) is 5.61. The van der Waals surface area contributed by atoms with Crippen molar-refractivity contribution in [2.45, 2.75) is 4.90 Å². The normalized spacial score (nSPS) is 10.3. The van der Waals surface area contributed by atoms with Gasteiger partial charge in [-0.25, -0.2) is 9.78 Å². The molecule has 6 heteroatoms. The van der Waals surface area contributed by atoms with Crippen LogP contribution >= 0.6 is 24.0 Å². The van der Waals surface area contributed by atoms with Crippen LogP contribution in [-0.2, 0) is 4.74 Å². The molecule has 4 nitrogen and oxygen atoms in total. The third-order valence-electron chi connectivity index (χ3n) is 1.77. The maximum Gasteiger partial charge on any atom is 0.413 e. The van der Waals surface area contributed by atoms with Gasteiger partial charge in [-0.15, -0.1) is 12.6 Å². The van der Waals surface area contributed by atoms with Crippen molar-refractivity contribution in [2.24, 2.45) is 0 Å². The van der Waals surface area contributed by atoms with E-state index in [1.807, 2.05) is 18.2 Å². The highest BCUT2D eigenvalue weighted by Gasteiger charge is 2.07. The van der Waals surface area contributed by atoms with Crippen LogP contribution in [0.4, 0.5) is 9.93 Å². The van der Waals surface area contributed by atoms with Crippen LogP contribution in [0.3, 0.4) is 0 Å². The van der Waals surface area contributed by atoms with Gasteiger partial charge < -0.3 is 4.74 Å². The number of carbonyl (C=O) groups excluding carboxylic acids is 1. The fourth-order valence-corrected chi connectivity index (χ4v) is 2.29. The smallest absolute Gasteiger partial charge is 0.413 e. The van der Waals surface area contributed by atoms with Gasteiger partial charge in [0, 0.05) is 4.90 Å². The van der Waals surface area contributed by atoms with E-state index in [1.54, 1.807) is 0 Å². The minimum atomic E-state index is -0.514. The Bertz CT molecular complexity index is 510. The van der Waals surface area contributed by atoms with Crippen LogP contribution in [0.1, 0.15) is 0 Å². The van der Waals surface area contributed by atoms with E-state index in [4.69, 9.17) is 0 Å². The zero-order chi connectivity index (χ0) is 10.8. The van der Waals surface area contributed by atoms with Crippen LogP contribution in [0.5, 0.6) is 0 Å². The van der Waals surface area contributed by atoms with Crippen LogP contribution < -0.4 is 5.32 Å². The summed E-state index contributed by atoms with van der Waals surface area (Å²) in [7, 11) is 1.31. The molecule has 1 heterocycles. The van der Waals surface area contributed by atoms with Gasteiger partial charge >= 0.3 is 6.09 Å². The van der Waals surface area contributed by atoms with Crippen LogP contribution in [0.2, 0.25) is 0 Å². The maximum atomic E-state index is 10.9. The first-order valence-corrected chi connectivity index (χ1v) is 5.40.